The van der Waals surface area contributed by atoms with E-state index in [4.69, 9.17) is 9.84 Å². The number of carbonyl (C=O) groups excluding carboxylic acids is 3. The number of aliphatic carboxylic acids is 1. The molecule has 0 aromatic rings. The maximum absolute atomic E-state index is 12.1. The lowest BCUT2D eigenvalue weighted by molar-refractivity contribution is -0.162. The fourth-order valence-electron chi connectivity index (χ4n) is 3.53. The van der Waals surface area contributed by atoms with Crippen LogP contribution in [0.5, 0.6) is 0 Å². The number of rotatable bonds is 16. The van der Waals surface area contributed by atoms with E-state index in [0.29, 0.717) is 6.42 Å². The largest absolute Gasteiger partial charge is 0.481 e. The van der Waals surface area contributed by atoms with Crippen molar-refractivity contribution < 1.29 is 29.0 Å². The molecule has 0 aromatic heterocycles. The summed E-state index contributed by atoms with van der Waals surface area (Å²) < 4.78 is 5.48. The minimum absolute atomic E-state index is 0.118. The van der Waals surface area contributed by atoms with Gasteiger partial charge in [0.25, 0.3) is 0 Å². The lowest BCUT2D eigenvalue weighted by Gasteiger charge is -2.29. The molecule has 1 rings (SSSR count). The van der Waals surface area contributed by atoms with Gasteiger partial charge in [0.2, 0.25) is 11.8 Å². The lowest BCUT2D eigenvalue weighted by atomic mass is 10.0. The zero-order valence-electron chi connectivity index (χ0n) is 18.0. The predicted molar refractivity (Wildman–Crippen MR) is 109 cm³/mol. The maximum atomic E-state index is 12.1. The summed E-state index contributed by atoms with van der Waals surface area (Å²) in [6.45, 7) is 3.57. The van der Waals surface area contributed by atoms with Crippen molar-refractivity contribution in [3.8, 4) is 0 Å². The van der Waals surface area contributed by atoms with Gasteiger partial charge in [0.05, 0.1) is 6.54 Å². The molecule has 7 nitrogen and oxygen atoms in total. The van der Waals surface area contributed by atoms with Gasteiger partial charge in [-0.2, -0.15) is 0 Å². The Morgan fingerprint density at radius 1 is 0.828 bits per heavy atom. The van der Waals surface area contributed by atoms with Crippen molar-refractivity contribution >= 4 is 23.8 Å². The summed E-state index contributed by atoms with van der Waals surface area (Å²) in [5.74, 6) is -1.39. The van der Waals surface area contributed by atoms with Crippen molar-refractivity contribution in [1.82, 2.24) is 4.90 Å². The monoisotopic (exact) mass is 411 g/mol. The first-order chi connectivity index (χ1) is 13.7. The molecule has 29 heavy (non-hydrogen) atoms. The summed E-state index contributed by atoms with van der Waals surface area (Å²) in [6, 6.07) is 0. The molecular weight excluding hydrogens is 374 g/mol. The number of carbonyl (C=O) groups is 4. The van der Waals surface area contributed by atoms with Crippen molar-refractivity contribution in [2.75, 3.05) is 6.54 Å². The number of nitrogens with zero attached hydrogens (tertiary/aromatic N) is 1. The number of esters is 1. The second kappa shape index (κ2) is 13.3. The van der Waals surface area contributed by atoms with E-state index in [1.807, 2.05) is 0 Å². The average Bonchev–Trinajstić information content (AvgIpc) is 2.93. The topological polar surface area (TPSA) is 101 Å². The first-order valence-corrected chi connectivity index (χ1v) is 11.0. The van der Waals surface area contributed by atoms with Gasteiger partial charge in [0, 0.05) is 25.7 Å². The summed E-state index contributed by atoms with van der Waals surface area (Å²) >= 11 is 0. The number of ether oxygens (including phenoxy) is 1. The standard InChI is InChI=1S/C22H37NO6/c1-22(2,17-23-18(24)15-16-19(23)25)29-21(28)14-12-10-8-6-4-3-5-7-9-11-13-20(26)27/h3-17H2,1-2H3,(H,26,27). The number of carboxylic acid groups (broad SMARTS) is 1. The highest BCUT2D eigenvalue weighted by molar-refractivity contribution is 6.02. The number of amides is 2. The van der Waals surface area contributed by atoms with Crippen LogP contribution in [0.15, 0.2) is 0 Å². The van der Waals surface area contributed by atoms with E-state index in [-0.39, 0.29) is 43.6 Å². The van der Waals surface area contributed by atoms with Crippen LogP contribution in [0, 0.1) is 0 Å². The smallest absolute Gasteiger partial charge is 0.306 e. The molecule has 0 unspecified atom stereocenters. The molecule has 0 saturated carbocycles. The summed E-state index contributed by atoms with van der Waals surface area (Å²) in [7, 11) is 0. The van der Waals surface area contributed by atoms with Crippen molar-refractivity contribution in [2.24, 2.45) is 0 Å². The minimum Gasteiger partial charge on any atom is -0.481 e. The molecule has 1 fully saturated rings. The molecule has 2 amide bonds. The molecule has 0 aromatic carbocycles. The fourth-order valence-corrected chi connectivity index (χ4v) is 3.53. The molecule has 1 aliphatic heterocycles. The number of carboxylic acids is 1. The van der Waals surface area contributed by atoms with E-state index in [2.05, 4.69) is 0 Å². The van der Waals surface area contributed by atoms with Crippen LogP contribution in [0.25, 0.3) is 0 Å². The Balaban J connectivity index is 2.00. The molecule has 0 spiro atoms. The van der Waals surface area contributed by atoms with E-state index >= 15 is 0 Å². The SMILES string of the molecule is CC(C)(CN1C(=O)CCC1=O)OC(=O)CCCCCCCCCCCCC(=O)O. The Hall–Kier alpha value is -1.92. The second-order valence-electron chi connectivity index (χ2n) is 8.54. The van der Waals surface area contributed by atoms with Crippen LogP contribution in [0.3, 0.4) is 0 Å². The Bertz CT molecular complexity index is 542. The van der Waals surface area contributed by atoms with Gasteiger partial charge in [0.15, 0.2) is 0 Å². The average molecular weight is 412 g/mol. The van der Waals surface area contributed by atoms with Crippen molar-refractivity contribution in [1.29, 1.82) is 0 Å². The van der Waals surface area contributed by atoms with Crippen LogP contribution in [0.4, 0.5) is 0 Å². The first kappa shape index (κ1) is 25.1. The number of hydrogen-bond acceptors (Lipinski definition) is 5. The third-order valence-corrected chi connectivity index (χ3v) is 5.11. The number of unbranched alkanes of at least 4 members (excludes halogenated alkanes) is 9. The van der Waals surface area contributed by atoms with E-state index in [1.54, 1.807) is 13.8 Å². The predicted octanol–water partition coefficient (Wildman–Crippen LogP) is 4.22. The van der Waals surface area contributed by atoms with E-state index in [9.17, 15) is 19.2 Å². The Morgan fingerprint density at radius 3 is 1.69 bits per heavy atom. The summed E-state index contributed by atoms with van der Waals surface area (Å²) in [5.41, 5.74) is -0.864. The highest BCUT2D eigenvalue weighted by atomic mass is 16.6. The van der Waals surface area contributed by atoms with Crippen LogP contribution < -0.4 is 0 Å². The molecule has 166 valence electrons. The van der Waals surface area contributed by atoms with Crippen molar-refractivity contribution in [2.45, 2.75) is 109 Å². The highest BCUT2D eigenvalue weighted by Crippen LogP contribution is 2.20. The Labute approximate surface area is 174 Å². The number of likely N-dealkylation sites (tertiary alicyclic amines) is 1. The minimum atomic E-state index is -0.864. The Morgan fingerprint density at radius 2 is 1.24 bits per heavy atom. The molecule has 1 N–H and O–H groups in total. The molecular formula is C22H37NO6. The maximum Gasteiger partial charge on any atom is 0.306 e. The van der Waals surface area contributed by atoms with Gasteiger partial charge in [-0.05, 0) is 26.7 Å². The zero-order chi connectivity index (χ0) is 21.7. The van der Waals surface area contributed by atoms with E-state index in [0.717, 1.165) is 51.4 Å². The molecule has 0 bridgehead atoms. The van der Waals surface area contributed by atoms with Gasteiger partial charge in [-0.25, -0.2) is 0 Å². The normalized spacial score (nSPS) is 14.5. The van der Waals surface area contributed by atoms with Gasteiger partial charge in [0.1, 0.15) is 5.60 Å². The molecule has 0 atom stereocenters. The van der Waals surface area contributed by atoms with Gasteiger partial charge in [-0.3, -0.25) is 24.1 Å². The lowest BCUT2D eigenvalue weighted by Crippen LogP contribution is -2.44. The second-order valence-corrected chi connectivity index (χ2v) is 8.54. The van der Waals surface area contributed by atoms with Gasteiger partial charge >= 0.3 is 11.9 Å². The molecule has 7 heteroatoms. The van der Waals surface area contributed by atoms with Gasteiger partial charge < -0.3 is 9.84 Å². The van der Waals surface area contributed by atoms with Crippen LogP contribution in [0.1, 0.15) is 104 Å². The van der Waals surface area contributed by atoms with E-state index in [1.165, 1.54) is 17.7 Å². The van der Waals surface area contributed by atoms with E-state index < -0.39 is 11.6 Å². The summed E-state index contributed by atoms with van der Waals surface area (Å²) in [6.07, 6.45) is 11.5. The zero-order valence-corrected chi connectivity index (χ0v) is 18.0. The van der Waals surface area contributed by atoms with Crippen LogP contribution >= 0.6 is 0 Å². The Kier molecular flexibility index (Phi) is 11.5. The highest BCUT2D eigenvalue weighted by Gasteiger charge is 2.35. The van der Waals surface area contributed by atoms with Crippen LogP contribution in [-0.4, -0.2) is 45.9 Å². The number of hydrogen-bond donors (Lipinski definition) is 1. The van der Waals surface area contributed by atoms with Gasteiger partial charge in [-0.1, -0.05) is 51.4 Å². The van der Waals surface area contributed by atoms with Gasteiger partial charge in [-0.15, -0.1) is 0 Å². The third kappa shape index (κ3) is 11.6. The molecule has 1 saturated heterocycles. The molecule has 1 heterocycles. The third-order valence-electron chi connectivity index (χ3n) is 5.11. The summed E-state index contributed by atoms with van der Waals surface area (Å²) in [4.78, 5) is 47.1. The molecule has 0 aliphatic carbocycles. The molecule has 1 aliphatic rings. The summed E-state index contributed by atoms with van der Waals surface area (Å²) in [5, 5.41) is 8.57. The van der Waals surface area contributed by atoms with Crippen LogP contribution in [-0.2, 0) is 23.9 Å². The van der Waals surface area contributed by atoms with Crippen molar-refractivity contribution in [3.05, 3.63) is 0 Å². The first-order valence-electron chi connectivity index (χ1n) is 11.0. The molecule has 0 radical (unpaired) electrons. The van der Waals surface area contributed by atoms with Crippen molar-refractivity contribution in [3.63, 3.8) is 0 Å². The fraction of sp³-hybridized carbons (Fsp3) is 0.818. The number of imide groups is 1. The quantitative estimate of drug-likeness (QED) is 0.232. The van der Waals surface area contributed by atoms with Crippen LogP contribution in [0.2, 0.25) is 0 Å².